The van der Waals surface area contributed by atoms with Gasteiger partial charge in [-0.2, -0.15) is 5.10 Å². The number of aryl methyl sites for hydroxylation is 1. The summed E-state index contributed by atoms with van der Waals surface area (Å²) in [6.45, 7) is 1.79. The lowest BCUT2D eigenvalue weighted by Crippen LogP contribution is -1.99. The first-order valence-electron chi connectivity index (χ1n) is 5.21. The maximum Gasteiger partial charge on any atom is 0.216 e. The highest BCUT2D eigenvalue weighted by Crippen LogP contribution is 2.39. The molecule has 96 valence electrons. The van der Waals surface area contributed by atoms with Gasteiger partial charge in [0.15, 0.2) is 5.75 Å². The summed E-state index contributed by atoms with van der Waals surface area (Å²) in [7, 11) is 1.77. The summed E-state index contributed by atoms with van der Waals surface area (Å²) in [6.07, 6.45) is 0. The van der Waals surface area contributed by atoms with Crippen molar-refractivity contribution in [2.45, 2.75) is 10.7 Å². The zero-order valence-corrected chi connectivity index (χ0v) is 12.1. The molecule has 0 atom stereocenters. The third-order valence-corrected chi connectivity index (χ3v) is 3.44. The number of hydrogen-bond acceptors (Lipinski definition) is 2. The van der Waals surface area contributed by atoms with Gasteiger partial charge < -0.3 is 5.11 Å². The molecule has 0 aliphatic carbocycles. The number of nitrogens with zero attached hydrogens (tertiary/aromatic N) is 2. The van der Waals surface area contributed by atoms with E-state index in [1.54, 1.807) is 42.9 Å². The van der Waals surface area contributed by atoms with Gasteiger partial charge in [0.2, 0.25) is 3.79 Å². The highest BCUT2D eigenvalue weighted by molar-refractivity contribution is 6.66. The van der Waals surface area contributed by atoms with E-state index in [9.17, 15) is 5.11 Å². The Bertz CT molecular complexity index is 570. The van der Waals surface area contributed by atoms with E-state index in [0.29, 0.717) is 17.0 Å². The predicted octanol–water partition coefficient (Wildman–Crippen LogP) is 3.93. The predicted molar refractivity (Wildman–Crippen MR) is 74.3 cm³/mol. The molecule has 0 aliphatic rings. The summed E-state index contributed by atoms with van der Waals surface area (Å²) in [6, 6.07) is 6.93. The molecule has 0 radical (unpaired) electrons. The highest BCUT2D eigenvalue weighted by Gasteiger charge is 2.23. The summed E-state index contributed by atoms with van der Waals surface area (Å²) < 4.78 is 0.175. The molecule has 0 spiro atoms. The molecule has 1 aromatic carbocycles. The molecule has 18 heavy (non-hydrogen) atoms. The first-order chi connectivity index (χ1) is 8.30. The number of aromatic hydroxyl groups is 1. The highest BCUT2D eigenvalue weighted by atomic mass is 35.6. The van der Waals surface area contributed by atoms with Crippen LogP contribution in [0.15, 0.2) is 24.3 Å². The molecule has 0 bridgehead atoms. The van der Waals surface area contributed by atoms with Gasteiger partial charge in [0, 0.05) is 18.2 Å². The van der Waals surface area contributed by atoms with E-state index in [0.717, 1.165) is 5.56 Å². The van der Waals surface area contributed by atoms with Gasteiger partial charge in [-0.25, -0.2) is 0 Å². The topological polar surface area (TPSA) is 38.1 Å². The molecule has 2 aromatic rings. The average molecular weight is 306 g/mol. The van der Waals surface area contributed by atoms with Crippen LogP contribution in [0.3, 0.4) is 0 Å². The molecular formula is C12H11Cl3N2O. The number of alkyl halides is 3. The summed E-state index contributed by atoms with van der Waals surface area (Å²) in [5.41, 5.74) is 2.57. The van der Waals surface area contributed by atoms with Gasteiger partial charge in [-0.15, -0.1) is 0 Å². The van der Waals surface area contributed by atoms with Crippen molar-refractivity contribution in [3.63, 3.8) is 0 Å². The fraction of sp³-hybridized carbons (Fsp3) is 0.250. The van der Waals surface area contributed by atoms with E-state index in [1.165, 1.54) is 0 Å². The molecule has 0 amide bonds. The average Bonchev–Trinajstić information content (AvgIpc) is 2.56. The monoisotopic (exact) mass is 304 g/mol. The van der Waals surface area contributed by atoms with Crippen LogP contribution in [-0.4, -0.2) is 14.9 Å². The van der Waals surface area contributed by atoms with Crippen molar-refractivity contribution in [3.05, 3.63) is 35.5 Å². The number of halogens is 3. The molecule has 0 aliphatic heterocycles. The third kappa shape index (κ3) is 2.44. The first kappa shape index (κ1) is 13.5. The Morgan fingerprint density at radius 3 is 2.11 bits per heavy atom. The molecule has 0 saturated heterocycles. The Balaban J connectivity index is 2.44. The first-order valence-corrected chi connectivity index (χ1v) is 6.34. The van der Waals surface area contributed by atoms with Gasteiger partial charge in [-0.1, -0.05) is 59.1 Å². The fourth-order valence-electron chi connectivity index (χ4n) is 1.61. The van der Waals surface area contributed by atoms with Crippen molar-refractivity contribution in [1.29, 1.82) is 0 Å². The van der Waals surface area contributed by atoms with Crippen molar-refractivity contribution < 1.29 is 5.11 Å². The Labute approximate surface area is 120 Å². The van der Waals surface area contributed by atoms with E-state index in [4.69, 9.17) is 34.8 Å². The van der Waals surface area contributed by atoms with Crippen molar-refractivity contribution in [2.24, 2.45) is 7.05 Å². The van der Waals surface area contributed by atoms with Crippen LogP contribution in [0.4, 0.5) is 0 Å². The van der Waals surface area contributed by atoms with E-state index in [1.807, 2.05) is 0 Å². The minimum atomic E-state index is -1.44. The minimum absolute atomic E-state index is 0.166. The van der Waals surface area contributed by atoms with E-state index in [-0.39, 0.29) is 5.75 Å². The largest absolute Gasteiger partial charge is 0.504 e. The molecule has 0 fully saturated rings. The molecule has 1 heterocycles. The van der Waals surface area contributed by atoms with Crippen LogP contribution < -0.4 is 0 Å². The van der Waals surface area contributed by atoms with Crippen LogP contribution in [0.25, 0.3) is 11.3 Å². The summed E-state index contributed by atoms with van der Waals surface area (Å²) in [5.74, 6) is 0.166. The SMILES string of the molecule is Cc1c(O)c(-c2ccc(C(Cl)(Cl)Cl)cc2)nn1C. The van der Waals surface area contributed by atoms with Crippen LogP contribution >= 0.6 is 34.8 Å². The van der Waals surface area contributed by atoms with Gasteiger partial charge in [0.1, 0.15) is 5.69 Å². The summed E-state index contributed by atoms with van der Waals surface area (Å²) in [5, 5.41) is 14.2. The smallest absolute Gasteiger partial charge is 0.216 e. The Morgan fingerprint density at radius 1 is 1.17 bits per heavy atom. The molecule has 3 nitrogen and oxygen atoms in total. The molecule has 0 unspecified atom stereocenters. The second kappa shape index (κ2) is 4.65. The molecule has 2 rings (SSSR count). The number of rotatable bonds is 1. The lowest BCUT2D eigenvalue weighted by Gasteiger charge is -2.11. The maximum absolute atomic E-state index is 9.94. The van der Waals surface area contributed by atoms with Gasteiger partial charge in [-0.3, -0.25) is 4.68 Å². The minimum Gasteiger partial charge on any atom is -0.504 e. The van der Waals surface area contributed by atoms with Crippen molar-refractivity contribution >= 4 is 34.8 Å². The number of benzene rings is 1. The standard InChI is InChI=1S/C12H11Cl3N2O/c1-7-11(18)10(16-17(7)2)8-3-5-9(6-4-8)12(13,14)15/h3-6,18H,1-2H3. The summed E-state index contributed by atoms with van der Waals surface area (Å²) in [4.78, 5) is 0. The second-order valence-electron chi connectivity index (χ2n) is 3.98. The summed E-state index contributed by atoms with van der Waals surface area (Å²) >= 11 is 17.3. The van der Waals surface area contributed by atoms with Crippen LogP contribution in [0.1, 0.15) is 11.3 Å². The van der Waals surface area contributed by atoms with Gasteiger partial charge in [0.05, 0.1) is 5.69 Å². The maximum atomic E-state index is 9.94. The molecule has 0 saturated carbocycles. The van der Waals surface area contributed by atoms with E-state index < -0.39 is 3.79 Å². The second-order valence-corrected chi connectivity index (χ2v) is 6.26. The normalized spacial score (nSPS) is 11.8. The zero-order valence-electron chi connectivity index (χ0n) is 9.78. The lowest BCUT2D eigenvalue weighted by atomic mass is 10.1. The van der Waals surface area contributed by atoms with Crippen LogP contribution in [0.5, 0.6) is 5.75 Å². The molecule has 1 aromatic heterocycles. The molecular weight excluding hydrogens is 295 g/mol. The van der Waals surface area contributed by atoms with Crippen LogP contribution in [-0.2, 0) is 10.8 Å². The number of aromatic nitrogens is 2. The molecule has 6 heteroatoms. The lowest BCUT2D eigenvalue weighted by molar-refractivity contribution is 0.471. The van der Waals surface area contributed by atoms with Gasteiger partial charge >= 0.3 is 0 Å². The van der Waals surface area contributed by atoms with Crippen LogP contribution in [0.2, 0.25) is 0 Å². The molecule has 1 N–H and O–H groups in total. The van der Waals surface area contributed by atoms with E-state index >= 15 is 0 Å². The fourth-order valence-corrected chi connectivity index (χ4v) is 1.99. The Hall–Kier alpha value is -0.900. The quantitative estimate of drug-likeness (QED) is 0.811. The van der Waals surface area contributed by atoms with Crippen LogP contribution in [0, 0.1) is 6.92 Å². The van der Waals surface area contributed by atoms with Gasteiger partial charge in [0.25, 0.3) is 0 Å². The number of hydrogen-bond donors (Lipinski definition) is 1. The Morgan fingerprint density at radius 2 is 1.72 bits per heavy atom. The van der Waals surface area contributed by atoms with Gasteiger partial charge in [-0.05, 0) is 6.92 Å². The zero-order chi connectivity index (χ0) is 13.5. The third-order valence-electron chi connectivity index (χ3n) is 2.79. The van der Waals surface area contributed by atoms with Crippen molar-refractivity contribution in [3.8, 4) is 17.0 Å². The van der Waals surface area contributed by atoms with Crippen molar-refractivity contribution in [2.75, 3.05) is 0 Å². The van der Waals surface area contributed by atoms with Crippen molar-refractivity contribution in [1.82, 2.24) is 9.78 Å². The Kier molecular flexibility index (Phi) is 3.49. The van der Waals surface area contributed by atoms with E-state index in [2.05, 4.69) is 5.10 Å².